The smallest absolute Gasteiger partial charge is 0.295 e. The van der Waals surface area contributed by atoms with Crippen LogP contribution in [0.4, 0.5) is 0 Å². The number of methoxy groups -OCH3 is 2. The molecule has 1 N–H and O–H groups in total. The van der Waals surface area contributed by atoms with E-state index in [-0.39, 0.29) is 11.3 Å². The third-order valence-electron chi connectivity index (χ3n) is 5.70. The normalized spacial score (nSPS) is 17.8. The van der Waals surface area contributed by atoms with Gasteiger partial charge in [-0.1, -0.05) is 23.8 Å². The molecule has 1 atom stereocenters. The number of nitrogens with zero attached hydrogens (tertiary/aromatic N) is 2. The lowest BCUT2D eigenvalue weighted by Gasteiger charge is -2.27. The highest BCUT2D eigenvalue weighted by molar-refractivity contribution is 6.46. The number of hydrogen-bond donors (Lipinski definition) is 1. The lowest BCUT2D eigenvalue weighted by molar-refractivity contribution is -0.140. The SMILES string of the molecule is COc1ccc([C@@H]2/C(=C(\O)c3cc(C)ccc3C)C(=O)C(=O)N2CCN(C)C)cc1OC. The Labute approximate surface area is 188 Å². The van der Waals surface area contributed by atoms with E-state index in [1.165, 1.54) is 12.0 Å². The van der Waals surface area contributed by atoms with Gasteiger partial charge in [0.15, 0.2) is 11.5 Å². The second-order valence-electron chi connectivity index (χ2n) is 8.23. The van der Waals surface area contributed by atoms with Crippen molar-refractivity contribution >= 4 is 17.4 Å². The largest absolute Gasteiger partial charge is 0.507 e. The van der Waals surface area contributed by atoms with Gasteiger partial charge < -0.3 is 24.4 Å². The first-order chi connectivity index (χ1) is 15.2. The minimum atomic E-state index is -0.741. The van der Waals surface area contributed by atoms with Crippen molar-refractivity contribution in [2.45, 2.75) is 19.9 Å². The van der Waals surface area contributed by atoms with Crippen LogP contribution in [0.5, 0.6) is 11.5 Å². The predicted molar refractivity (Wildman–Crippen MR) is 123 cm³/mol. The average molecular weight is 439 g/mol. The minimum Gasteiger partial charge on any atom is -0.507 e. The zero-order chi connectivity index (χ0) is 23.6. The standard InChI is InChI=1S/C25H30N2O5/c1-15-7-8-16(2)18(13-15)23(28)21-22(17-9-10-19(31-5)20(14-17)32-6)27(12-11-26(3)4)25(30)24(21)29/h7-10,13-14,22,28H,11-12H2,1-6H3/b23-21+/t22-/m1/s1. The predicted octanol–water partition coefficient (Wildman–Crippen LogP) is 3.30. The maximum Gasteiger partial charge on any atom is 0.295 e. The fourth-order valence-electron chi connectivity index (χ4n) is 3.92. The molecular formula is C25H30N2O5. The molecule has 1 heterocycles. The molecule has 0 spiro atoms. The Morgan fingerprint density at radius 1 is 1.03 bits per heavy atom. The Morgan fingerprint density at radius 3 is 2.34 bits per heavy atom. The maximum atomic E-state index is 13.2. The van der Waals surface area contributed by atoms with Gasteiger partial charge in [0, 0.05) is 18.7 Å². The second kappa shape index (κ2) is 9.44. The van der Waals surface area contributed by atoms with Gasteiger partial charge in [0.25, 0.3) is 11.7 Å². The summed E-state index contributed by atoms with van der Waals surface area (Å²) in [7, 11) is 6.87. The highest BCUT2D eigenvalue weighted by Gasteiger charge is 2.46. The van der Waals surface area contributed by atoms with Crippen molar-refractivity contribution in [1.82, 2.24) is 9.80 Å². The van der Waals surface area contributed by atoms with Crippen molar-refractivity contribution in [2.24, 2.45) is 0 Å². The number of amides is 1. The molecular weight excluding hydrogens is 408 g/mol. The topological polar surface area (TPSA) is 79.3 Å². The first-order valence-corrected chi connectivity index (χ1v) is 10.4. The lowest BCUT2D eigenvalue weighted by Crippen LogP contribution is -2.35. The molecule has 0 aliphatic carbocycles. The molecule has 2 aromatic rings. The number of likely N-dealkylation sites (N-methyl/N-ethyl adjacent to an activating group) is 1. The van der Waals surface area contributed by atoms with Gasteiger partial charge in [0.1, 0.15) is 5.76 Å². The van der Waals surface area contributed by atoms with Crippen molar-refractivity contribution in [2.75, 3.05) is 41.4 Å². The van der Waals surface area contributed by atoms with E-state index in [0.29, 0.717) is 35.7 Å². The number of carbonyl (C=O) groups excluding carboxylic acids is 2. The summed E-state index contributed by atoms with van der Waals surface area (Å²) >= 11 is 0. The summed E-state index contributed by atoms with van der Waals surface area (Å²) in [6.07, 6.45) is 0. The van der Waals surface area contributed by atoms with Crippen LogP contribution in [0.2, 0.25) is 0 Å². The fourth-order valence-corrected chi connectivity index (χ4v) is 3.92. The van der Waals surface area contributed by atoms with Gasteiger partial charge in [0.2, 0.25) is 0 Å². The molecule has 7 nitrogen and oxygen atoms in total. The van der Waals surface area contributed by atoms with Gasteiger partial charge in [-0.2, -0.15) is 0 Å². The van der Waals surface area contributed by atoms with Crippen molar-refractivity contribution in [3.8, 4) is 11.5 Å². The van der Waals surface area contributed by atoms with E-state index in [1.807, 2.05) is 51.0 Å². The molecule has 3 rings (SSSR count). The Hall–Kier alpha value is -3.32. The maximum absolute atomic E-state index is 13.2. The number of aryl methyl sites for hydroxylation is 2. The molecule has 1 fully saturated rings. The summed E-state index contributed by atoms with van der Waals surface area (Å²) in [6.45, 7) is 4.68. The first kappa shape index (κ1) is 23.3. The Bertz CT molecular complexity index is 1070. The van der Waals surface area contributed by atoms with Crippen LogP contribution in [0.25, 0.3) is 5.76 Å². The highest BCUT2D eigenvalue weighted by atomic mass is 16.5. The van der Waals surface area contributed by atoms with Crippen LogP contribution in [0.15, 0.2) is 42.0 Å². The Balaban J connectivity index is 2.23. The molecule has 32 heavy (non-hydrogen) atoms. The van der Waals surface area contributed by atoms with Crippen molar-refractivity contribution in [3.63, 3.8) is 0 Å². The summed E-state index contributed by atoms with van der Waals surface area (Å²) in [5.74, 6) is -0.469. The van der Waals surface area contributed by atoms with E-state index in [9.17, 15) is 14.7 Å². The summed E-state index contributed by atoms with van der Waals surface area (Å²) in [5, 5.41) is 11.3. The summed E-state index contributed by atoms with van der Waals surface area (Å²) in [4.78, 5) is 29.6. The average Bonchev–Trinajstić information content (AvgIpc) is 3.03. The number of hydrogen-bond acceptors (Lipinski definition) is 6. The van der Waals surface area contributed by atoms with Crippen LogP contribution in [-0.2, 0) is 9.59 Å². The molecule has 1 amide bonds. The van der Waals surface area contributed by atoms with E-state index >= 15 is 0 Å². The number of benzene rings is 2. The molecule has 1 aliphatic rings. The first-order valence-electron chi connectivity index (χ1n) is 10.4. The molecule has 1 aliphatic heterocycles. The number of ether oxygens (including phenoxy) is 2. The number of aliphatic hydroxyl groups excluding tert-OH is 1. The Kier molecular flexibility index (Phi) is 6.89. The van der Waals surface area contributed by atoms with E-state index in [0.717, 1.165) is 11.1 Å². The van der Waals surface area contributed by atoms with Gasteiger partial charge in [-0.3, -0.25) is 9.59 Å². The molecule has 7 heteroatoms. The van der Waals surface area contributed by atoms with Crippen LogP contribution in [-0.4, -0.2) is 68.0 Å². The van der Waals surface area contributed by atoms with E-state index in [2.05, 4.69) is 0 Å². The zero-order valence-corrected chi connectivity index (χ0v) is 19.4. The number of Topliss-reactive ketones (excluding diaryl/α,β-unsaturated/α-hetero) is 1. The van der Waals surface area contributed by atoms with E-state index in [1.54, 1.807) is 25.3 Å². The molecule has 0 saturated carbocycles. The molecule has 0 unspecified atom stereocenters. The van der Waals surface area contributed by atoms with Gasteiger partial charge in [0.05, 0.1) is 25.8 Å². The number of likely N-dealkylation sites (tertiary alicyclic amines) is 1. The highest BCUT2D eigenvalue weighted by Crippen LogP contribution is 2.42. The molecule has 0 bridgehead atoms. The quantitative estimate of drug-likeness (QED) is 0.406. The lowest BCUT2D eigenvalue weighted by atomic mass is 9.93. The third kappa shape index (κ3) is 4.34. The van der Waals surface area contributed by atoms with Crippen LogP contribution in [0.3, 0.4) is 0 Å². The van der Waals surface area contributed by atoms with Crippen LogP contribution in [0.1, 0.15) is 28.3 Å². The van der Waals surface area contributed by atoms with E-state index in [4.69, 9.17) is 9.47 Å². The number of ketones is 1. The summed E-state index contributed by atoms with van der Waals surface area (Å²) in [6, 6.07) is 10.2. The Morgan fingerprint density at radius 2 is 1.72 bits per heavy atom. The van der Waals surface area contributed by atoms with Crippen LogP contribution < -0.4 is 9.47 Å². The van der Waals surface area contributed by atoms with Gasteiger partial charge in [-0.05, 0) is 57.3 Å². The fraction of sp³-hybridized carbons (Fsp3) is 0.360. The summed E-state index contributed by atoms with van der Waals surface area (Å²) in [5.41, 5.74) is 3.04. The molecule has 1 saturated heterocycles. The monoisotopic (exact) mass is 438 g/mol. The van der Waals surface area contributed by atoms with Gasteiger partial charge >= 0.3 is 0 Å². The van der Waals surface area contributed by atoms with Gasteiger partial charge in [-0.25, -0.2) is 0 Å². The van der Waals surface area contributed by atoms with E-state index < -0.39 is 17.7 Å². The van der Waals surface area contributed by atoms with Crippen molar-refractivity contribution in [3.05, 3.63) is 64.2 Å². The zero-order valence-electron chi connectivity index (χ0n) is 19.4. The second-order valence-corrected chi connectivity index (χ2v) is 8.23. The number of aliphatic hydroxyl groups is 1. The minimum absolute atomic E-state index is 0.0784. The third-order valence-corrected chi connectivity index (χ3v) is 5.70. The molecule has 170 valence electrons. The molecule has 0 aromatic heterocycles. The van der Waals surface area contributed by atoms with Gasteiger partial charge in [-0.15, -0.1) is 0 Å². The summed E-state index contributed by atoms with van der Waals surface area (Å²) < 4.78 is 10.8. The van der Waals surface area contributed by atoms with Crippen LogP contribution in [0, 0.1) is 13.8 Å². The number of rotatable bonds is 7. The number of carbonyl (C=O) groups is 2. The molecule has 0 radical (unpaired) electrons. The molecule has 2 aromatic carbocycles. The van der Waals surface area contributed by atoms with Crippen LogP contribution >= 0.6 is 0 Å². The van der Waals surface area contributed by atoms with Crippen molar-refractivity contribution in [1.29, 1.82) is 0 Å². The van der Waals surface area contributed by atoms with Crippen molar-refractivity contribution < 1.29 is 24.2 Å².